The number of alkyl halides is 3. The number of carboxylic acid groups (broad SMARTS) is 1. The van der Waals surface area contributed by atoms with Gasteiger partial charge in [0.2, 0.25) is 5.76 Å². The molecular formula is C10H6ClF3O3. The smallest absolute Gasteiger partial charge is 0.417 e. The molecule has 0 aliphatic rings. The molecule has 0 atom stereocenters. The van der Waals surface area contributed by atoms with E-state index in [9.17, 15) is 18.0 Å². The van der Waals surface area contributed by atoms with Crippen LogP contribution in [0.5, 0.6) is 0 Å². The number of carboxylic acids is 1. The van der Waals surface area contributed by atoms with Crippen LogP contribution in [0.3, 0.4) is 0 Å². The number of halogens is 4. The Morgan fingerprint density at radius 1 is 1.29 bits per heavy atom. The van der Waals surface area contributed by atoms with Crippen LogP contribution in [0.1, 0.15) is 11.1 Å². The Balaban J connectivity index is 3.23. The van der Waals surface area contributed by atoms with Crippen molar-refractivity contribution in [2.24, 2.45) is 0 Å². The highest BCUT2D eigenvalue weighted by Gasteiger charge is 2.33. The van der Waals surface area contributed by atoms with Crippen LogP contribution in [-0.2, 0) is 11.0 Å². The number of hydrogen-bond acceptors (Lipinski definition) is 2. The third kappa shape index (κ3) is 3.39. The summed E-state index contributed by atoms with van der Waals surface area (Å²) in [6, 6.07) is 2.80. The van der Waals surface area contributed by atoms with Gasteiger partial charge in [-0.05, 0) is 23.8 Å². The molecule has 0 aliphatic carbocycles. The maximum absolute atomic E-state index is 12.4. The van der Waals surface area contributed by atoms with Crippen LogP contribution in [0.2, 0.25) is 5.02 Å². The van der Waals surface area contributed by atoms with Crippen molar-refractivity contribution in [2.75, 3.05) is 0 Å². The normalized spacial score (nSPS) is 12.6. The summed E-state index contributed by atoms with van der Waals surface area (Å²) in [4.78, 5) is 10.3. The van der Waals surface area contributed by atoms with E-state index in [1.807, 2.05) is 0 Å². The highest BCUT2D eigenvalue weighted by Crippen LogP contribution is 2.35. The molecule has 0 amide bonds. The summed E-state index contributed by atoms with van der Waals surface area (Å²) < 4.78 is 37.3. The van der Waals surface area contributed by atoms with Crippen LogP contribution in [0, 0.1) is 0 Å². The number of hydrogen-bond donors (Lipinski definition) is 2. The first kappa shape index (κ1) is 13.4. The fraction of sp³-hybridized carbons (Fsp3) is 0.100. The summed E-state index contributed by atoms with van der Waals surface area (Å²) >= 11 is 5.36. The second-order valence-electron chi connectivity index (χ2n) is 3.07. The second kappa shape index (κ2) is 4.67. The molecule has 92 valence electrons. The third-order valence-corrected chi connectivity index (χ3v) is 2.15. The van der Waals surface area contributed by atoms with Crippen molar-refractivity contribution in [3.63, 3.8) is 0 Å². The van der Waals surface area contributed by atoms with Gasteiger partial charge in [0.1, 0.15) is 0 Å². The molecule has 0 fully saturated rings. The number of rotatable bonds is 2. The molecule has 1 aromatic rings. The Labute approximate surface area is 98.8 Å². The minimum Gasteiger partial charge on any atom is -0.502 e. The summed E-state index contributed by atoms with van der Waals surface area (Å²) in [5.74, 6) is -2.69. The Bertz CT molecular complexity index is 480. The highest BCUT2D eigenvalue weighted by atomic mass is 35.5. The van der Waals surface area contributed by atoms with Gasteiger partial charge in [-0.3, -0.25) is 0 Å². The van der Waals surface area contributed by atoms with E-state index in [2.05, 4.69) is 0 Å². The molecule has 0 bridgehead atoms. The van der Waals surface area contributed by atoms with Crippen LogP contribution < -0.4 is 0 Å². The average molecular weight is 267 g/mol. The van der Waals surface area contributed by atoms with E-state index in [1.165, 1.54) is 0 Å². The first-order valence-electron chi connectivity index (χ1n) is 4.22. The molecule has 0 aromatic heterocycles. The zero-order valence-corrected chi connectivity index (χ0v) is 8.88. The monoisotopic (exact) mass is 266 g/mol. The molecule has 2 N–H and O–H groups in total. The van der Waals surface area contributed by atoms with Crippen molar-refractivity contribution < 1.29 is 28.2 Å². The van der Waals surface area contributed by atoms with Crippen LogP contribution in [0.15, 0.2) is 24.0 Å². The van der Waals surface area contributed by atoms with Crippen molar-refractivity contribution in [3.8, 4) is 0 Å². The topological polar surface area (TPSA) is 57.5 Å². The predicted octanol–water partition coefficient (Wildman–Crippen LogP) is 3.34. The molecule has 0 saturated carbocycles. The van der Waals surface area contributed by atoms with Crippen molar-refractivity contribution >= 4 is 23.6 Å². The Kier molecular flexibility index (Phi) is 3.67. The van der Waals surface area contributed by atoms with Gasteiger partial charge in [-0.1, -0.05) is 17.7 Å². The lowest BCUT2D eigenvalue weighted by atomic mass is 10.1. The molecule has 0 radical (unpaired) electrons. The van der Waals surface area contributed by atoms with Crippen LogP contribution in [-0.4, -0.2) is 16.2 Å². The fourth-order valence-electron chi connectivity index (χ4n) is 1.07. The SMILES string of the molecule is O=C(O)/C(O)=C/c1ccc(Cl)c(C(F)(F)F)c1. The van der Waals surface area contributed by atoms with E-state index in [-0.39, 0.29) is 5.56 Å². The molecule has 7 heteroatoms. The standard InChI is InChI=1S/C10H6ClF3O3/c11-7-2-1-5(4-8(15)9(16)17)3-6(7)10(12,13)14/h1-4,15H,(H,16,17)/b8-4-. The van der Waals surface area contributed by atoms with Crippen molar-refractivity contribution in [1.29, 1.82) is 0 Å². The Morgan fingerprint density at radius 3 is 2.35 bits per heavy atom. The number of aliphatic carboxylic acids is 1. The van der Waals surface area contributed by atoms with Crippen molar-refractivity contribution in [1.82, 2.24) is 0 Å². The minimum absolute atomic E-state index is 0.110. The van der Waals surface area contributed by atoms with Gasteiger partial charge in [-0.15, -0.1) is 0 Å². The lowest BCUT2D eigenvalue weighted by Crippen LogP contribution is -2.06. The summed E-state index contributed by atoms with van der Waals surface area (Å²) in [5.41, 5.74) is -1.20. The molecule has 3 nitrogen and oxygen atoms in total. The molecule has 1 aromatic carbocycles. The third-order valence-electron chi connectivity index (χ3n) is 1.82. The number of aliphatic hydroxyl groups excluding tert-OH is 1. The molecule has 1 rings (SSSR count). The van der Waals surface area contributed by atoms with E-state index in [0.29, 0.717) is 12.1 Å². The number of aliphatic hydroxyl groups is 1. The molecule has 0 heterocycles. The molecular weight excluding hydrogens is 261 g/mol. The zero-order chi connectivity index (χ0) is 13.2. The van der Waals surface area contributed by atoms with Crippen molar-refractivity contribution in [2.45, 2.75) is 6.18 Å². The number of carbonyl (C=O) groups is 1. The van der Waals surface area contributed by atoms with Gasteiger partial charge in [0.25, 0.3) is 0 Å². The van der Waals surface area contributed by atoms with Gasteiger partial charge < -0.3 is 10.2 Å². The van der Waals surface area contributed by atoms with Gasteiger partial charge in [0.05, 0.1) is 10.6 Å². The molecule has 17 heavy (non-hydrogen) atoms. The van der Waals surface area contributed by atoms with E-state index in [1.54, 1.807) is 0 Å². The van der Waals surface area contributed by atoms with E-state index in [4.69, 9.17) is 21.8 Å². The molecule has 0 saturated heterocycles. The predicted molar refractivity (Wildman–Crippen MR) is 54.7 cm³/mol. The van der Waals surface area contributed by atoms with Gasteiger partial charge in [-0.2, -0.15) is 13.2 Å². The Hall–Kier alpha value is -1.69. The maximum atomic E-state index is 12.4. The largest absolute Gasteiger partial charge is 0.502 e. The fourth-order valence-corrected chi connectivity index (χ4v) is 1.29. The highest BCUT2D eigenvalue weighted by molar-refractivity contribution is 6.31. The lowest BCUT2D eigenvalue weighted by Gasteiger charge is -2.09. The van der Waals surface area contributed by atoms with E-state index in [0.717, 1.165) is 12.1 Å². The van der Waals surface area contributed by atoms with Gasteiger partial charge >= 0.3 is 12.1 Å². The van der Waals surface area contributed by atoms with Gasteiger partial charge in [0.15, 0.2) is 0 Å². The summed E-state index contributed by atoms with van der Waals surface area (Å²) in [6.07, 6.45) is -3.94. The molecule has 0 aliphatic heterocycles. The summed E-state index contributed by atoms with van der Waals surface area (Å²) in [7, 11) is 0. The minimum atomic E-state index is -4.64. The van der Waals surface area contributed by atoms with Crippen LogP contribution in [0.25, 0.3) is 6.08 Å². The first-order valence-corrected chi connectivity index (χ1v) is 4.60. The maximum Gasteiger partial charge on any atom is 0.417 e. The zero-order valence-electron chi connectivity index (χ0n) is 8.12. The van der Waals surface area contributed by atoms with Gasteiger partial charge in [0, 0.05) is 0 Å². The first-order chi connectivity index (χ1) is 7.71. The van der Waals surface area contributed by atoms with Crippen LogP contribution >= 0.6 is 11.6 Å². The van der Waals surface area contributed by atoms with Crippen LogP contribution in [0.4, 0.5) is 13.2 Å². The second-order valence-corrected chi connectivity index (χ2v) is 3.48. The molecule has 0 unspecified atom stereocenters. The summed E-state index contributed by atoms with van der Waals surface area (Å²) in [5, 5.41) is 16.8. The van der Waals surface area contributed by atoms with Crippen molar-refractivity contribution in [3.05, 3.63) is 40.1 Å². The lowest BCUT2D eigenvalue weighted by molar-refractivity contribution is -0.137. The summed E-state index contributed by atoms with van der Waals surface area (Å²) in [6.45, 7) is 0. The number of benzene rings is 1. The average Bonchev–Trinajstić information content (AvgIpc) is 2.19. The quantitative estimate of drug-likeness (QED) is 0.637. The van der Waals surface area contributed by atoms with E-state index >= 15 is 0 Å². The van der Waals surface area contributed by atoms with E-state index < -0.39 is 28.5 Å². The van der Waals surface area contributed by atoms with Gasteiger partial charge in [-0.25, -0.2) is 4.79 Å². The molecule has 0 spiro atoms. The Morgan fingerprint density at radius 2 is 1.88 bits per heavy atom.